The number of anilines is 1. The summed E-state index contributed by atoms with van der Waals surface area (Å²) in [5.74, 6) is 0. The lowest BCUT2D eigenvalue weighted by Crippen LogP contribution is -2.26. The molecule has 2 heteroatoms. The third-order valence-electron chi connectivity index (χ3n) is 3.16. The van der Waals surface area contributed by atoms with E-state index in [-0.39, 0.29) is 0 Å². The number of nitrogens with zero attached hydrogens (tertiary/aromatic N) is 2. The number of pyridine rings is 1. The molecule has 0 radical (unpaired) electrons. The summed E-state index contributed by atoms with van der Waals surface area (Å²) in [7, 11) is 0. The molecule has 0 unspecified atom stereocenters. The summed E-state index contributed by atoms with van der Waals surface area (Å²) in [5, 5.41) is 0. The first-order chi connectivity index (χ1) is 8.33. The molecule has 96 valence electrons. The van der Waals surface area contributed by atoms with Crippen LogP contribution in [0.25, 0.3) is 0 Å². The fourth-order valence-corrected chi connectivity index (χ4v) is 2.05. The van der Waals surface area contributed by atoms with Gasteiger partial charge in [0.05, 0.1) is 0 Å². The minimum absolute atomic E-state index is 1.07. The molecule has 0 saturated carbocycles. The first kappa shape index (κ1) is 14.0. The standard InChI is InChI=1S/C15H26N2/c1-4-7-11-17(12-8-5-2)15-9-10-16-13-14(15)6-3/h9-10,13H,4-8,11-12H2,1-3H3. The predicted molar refractivity (Wildman–Crippen MR) is 75.6 cm³/mol. The van der Waals surface area contributed by atoms with Crippen molar-refractivity contribution in [3.05, 3.63) is 24.0 Å². The molecular weight excluding hydrogens is 208 g/mol. The Morgan fingerprint density at radius 2 is 1.71 bits per heavy atom. The Labute approximate surface area is 106 Å². The largest absolute Gasteiger partial charge is 0.371 e. The molecule has 0 fully saturated rings. The lowest BCUT2D eigenvalue weighted by molar-refractivity contribution is 0.675. The topological polar surface area (TPSA) is 16.1 Å². The van der Waals surface area contributed by atoms with Gasteiger partial charge in [0.1, 0.15) is 0 Å². The van der Waals surface area contributed by atoms with E-state index in [0.29, 0.717) is 0 Å². The summed E-state index contributed by atoms with van der Waals surface area (Å²) < 4.78 is 0. The second kappa shape index (κ2) is 8.10. The van der Waals surface area contributed by atoms with Crippen LogP contribution >= 0.6 is 0 Å². The lowest BCUT2D eigenvalue weighted by Gasteiger charge is -2.26. The number of rotatable bonds is 8. The molecule has 0 aliphatic rings. The maximum Gasteiger partial charge on any atom is 0.0429 e. The van der Waals surface area contributed by atoms with Gasteiger partial charge in [-0.05, 0) is 30.9 Å². The Bertz CT molecular complexity index is 302. The number of unbranched alkanes of at least 4 members (excludes halogenated alkanes) is 2. The highest BCUT2D eigenvalue weighted by Crippen LogP contribution is 2.20. The van der Waals surface area contributed by atoms with Gasteiger partial charge in [0.2, 0.25) is 0 Å². The van der Waals surface area contributed by atoms with Crippen LogP contribution in [-0.2, 0) is 6.42 Å². The van der Waals surface area contributed by atoms with Crippen LogP contribution in [0.3, 0.4) is 0 Å². The molecule has 0 spiro atoms. The average Bonchev–Trinajstić information content (AvgIpc) is 2.39. The van der Waals surface area contributed by atoms with E-state index in [1.807, 2.05) is 12.4 Å². The summed E-state index contributed by atoms with van der Waals surface area (Å²) in [4.78, 5) is 6.77. The minimum atomic E-state index is 1.07. The SMILES string of the molecule is CCCCN(CCCC)c1ccncc1CC. The van der Waals surface area contributed by atoms with Gasteiger partial charge in [-0.2, -0.15) is 0 Å². The molecule has 0 atom stereocenters. The summed E-state index contributed by atoms with van der Waals surface area (Å²) in [6.07, 6.45) is 10.1. The molecule has 2 nitrogen and oxygen atoms in total. The second-order valence-electron chi connectivity index (χ2n) is 4.55. The zero-order chi connectivity index (χ0) is 12.5. The van der Waals surface area contributed by atoms with E-state index in [2.05, 4.69) is 36.7 Å². The number of hydrogen-bond acceptors (Lipinski definition) is 2. The van der Waals surface area contributed by atoms with Crippen LogP contribution in [0.2, 0.25) is 0 Å². The van der Waals surface area contributed by atoms with Gasteiger partial charge in [-0.25, -0.2) is 0 Å². The molecule has 1 rings (SSSR count). The molecule has 1 aromatic rings. The maximum atomic E-state index is 4.23. The highest BCUT2D eigenvalue weighted by Gasteiger charge is 2.09. The molecule has 0 aromatic carbocycles. The molecule has 0 N–H and O–H groups in total. The Kier molecular flexibility index (Phi) is 6.68. The van der Waals surface area contributed by atoms with Crippen molar-refractivity contribution in [2.75, 3.05) is 18.0 Å². The highest BCUT2D eigenvalue weighted by atomic mass is 15.1. The van der Waals surface area contributed by atoms with Gasteiger partial charge >= 0.3 is 0 Å². The zero-order valence-corrected chi connectivity index (χ0v) is 11.6. The first-order valence-electron chi connectivity index (χ1n) is 7.01. The van der Waals surface area contributed by atoms with E-state index in [4.69, 9.17) is 0 Å². The van der Waals surface area contributed by atoms with Crippen LogP contribution in [0.15, 0.2) is 18.5 Å². The van der Waals surface area contributed by atoms with E-state index < -0.39 is 0 Å². The fraction of sp³-hybridized carbons (Fsp3) is 0.667. The fourth-order valence-electron chi connectivity index (χ4n) is 2.05. The molecule has 0 bridgehead atoms. The number of aromatic nitrogens is 1. The van der Waals surface area contributed by atoms with Crippen LogP contribution < -0.4 is 4.90 Å². The Hall–Kier alpha value is -1.05. The minimum Gasteiger partial charge on any atom is -0.371 e. The third-order valence-corrected chi connectivity index (χ3v) is 3.16. The van der Waals surface area contributed by atoms with Gasteiger partial charge in [0, 0.05) is 31.2 Å². The van der Waals surface area contributed by atoms with Crippen LogP contribution in [0.5, 0.6) is 0 Å². The van der Waals surface area contributed by atoms with Crippen molar-refractivity contribution in [1.82, 2.24) is 4.98 Å². The average molecular weight is 234 g/mol. The van der Waals surface area contributed by atoms with Crippen LogP contribution in [0.4, 0.5) is 5.69 Å². The first-order valence-corrected chi connectivity index (χ1v) is 7.01. The van der Waals surface area contributed by atoms with Gasteiger partial charge in [0.15, 0.2) is 0 Å². The molecule has 0 aliphatic heterocycles. The van der Waals surface area contributed by atoms with Crippen LogP contribution in [-0.4, -0.2) is 18.1 Å². The quantitative estimate of drug-likeness (QED) is 0.674. The van der Waals surface area contributed by atoms with E-state index in [1.54, 1.807) is 0 Å². The van der Waals surface area contributed by atoms with E-state index in [0.717, 1.165) is 6.42 Å². The summed E-state index contributed by atoms with van der Waals surface area (Å²) in [6, 6.07) is 2.17. The zero-order valence-electron chi connectivity index (χ0n) is 11.6. The molecular formula is C15H26N2. The van der Waals surface area contributed by atoms with Crippen LogP contribution in [0, 0.1) is 0 Å². The molecule has 0 saturated heterocycles. The molecule has 1 heterocycles. The Balaban J connectivity index is 2.78. The third kappa shape index (κ3) is 4.37. The molecule has 1 aromatic heterocycles. The Morgan fingerprint density at radius 3 is 2.24 bits per heavy atom. The van der Waals surface area contributed by atoms with Gasteiger partial charge in [-0.15, -0.1) is 0 Å². The highest BCUT2D eigenvalue weighted by molar-refractivity contribution is 5.52. The summed E-state index contributed by atoms with van der Waals surface area (Å²) in [6.45, 7) is 9.07. The van der Waals surface area contributed by atoms with Gasteiger partial charge in [-0.3, -0.25) is 4.98 Å². The van der Waals surface area contributed by atoms with Crippen molar-refractivity contribution >= 4 is 5.69 Å². The normalized spacial score (nSPS) is 10.5. The molecule has 0 amide bonds. The van der Waals surface area contributed by atoms with Crippen molar-refractivity contribution in [2.45, 2.75) is 52.9 Å². The van der Waals surface area contributed by atoms with Crippen LogP contribution in [0.1, 0.15) is 52.0 Å². The maximum absolute atomic E-state index is 4.23. The monoisotopic (exact) mass is 234 g/mol. The van der Waals surface area contributed by atoms with Crippen molar-refractivity contribution < 1.29 is 0 Å². The number of hydrogen-bond donors (Lipinski definition) is 0. The molecule has 17 heavy (non-hydrogen) atoms. The summed E-state index contributed by atoms with van der Waals surface area (Å²) in [5.41, 5.74) is 2.77. The summed E-state index contributed by atoms with van der Waals surface area (Å²) >= 11 is 0. The van der Waals surface area contributed by atoms with Crippen molar-refractivity contribution in [1.29, 1.82) is 0 Å². The van der Waals surface area contributed by atoms with Crippen molar-refractivity contribution in [3.63, 3.8) is 0 Å². The van der Waals surface area contributed by atoms with Gasteiger partial charge < -0.3 is 4.90 Å². The van der Waals surface area contributed by atoms with Gasteiger partial charge in [0.25, 0.3) is 0 Å². The predicted octanol–water partition coefficient (Wildman–Crippen LogP) is 4.05. The molecule has 0 aliphatic carbocycles. The second-order valence-corrected chi connectivity index (χ2v) is 4.55. The Morgan fingerprint density at radius 1 is 1.06 bits per heavy atom. The number of aryl methyl sites for hydroxylation is 1. The van der Waals surface area contributed by atoms with E-state index in [1.165, 1.54) is 50.0 Å². The van der Waals surface area contributed by atoms with Crippen molar-refractivity contribution in [2.24, 2.45) is 0 Å². The van der Waals surface area contributed by atoms with E-state index in [9.17, 15) is 0 Å². The van der Waals surface area contributed by atoms with Gasteiger partial charge in [-0.1, -0.05) is 33.6 Å². The van der Waals surface area contributed by atoms with Crippen molar-refractivity contribution in [3.8, 4) is 0 Å². The smallest absolute Gasteiger partial charge is 0.0429 e. The van der Waals surface area contributed by atoms with E-state index >= 15 is 0 Å². The lowest BCUT2D eigenvalue weighted by atomic mass is 10.1.